The minimum absolute atomic E-state index is 0.0274. The molecule has 0 radical (unpaired) electrons. The monoisotopic (exact) mass is 1760 g/mol. The Morgan fingerprint density at radius 1 is 0.431 bits per heavy atom. The molecular weight excluding hydrogens is 1650 g/mol. The first-order chi connectivity index (χ1) is 59.0. The number of rotatable bonds is 26. The van der Waals surface area contributed by atoms with Gasteiger partial charge in [0.25, 0.3) is 0 Å². The molecule has 0 bridgehead atoms. The van der Waals surface area contributed by atoms with E-state index >= 15 is 0 Å². The Bertz CT molecular complexity index is 6120. The van der Waals surface area contributed by atoms with Gasteiger partial charge in [-0.1, -0.05) is 13.8 Å². The van der Waals surface area contributed by atoms with Crippen LogP contribution in [0.5, 0.6) is 28.9 Å². The number of amides is 2. The molecule has 0 atom stereocenters. The molecule has 3 aliphatic heterocycles. The summed E-state index contributed by atoms with van der Waals surface area (Å²) in [6.07, 6.45) is 16.8. The summed E-state index contributed by atoms with van der Waals surface area (Å²) < 4.78 is 91.7. The minimum atomic E-state index is -3.33. The molecule has 1 aliphatic carbocycles. The van der Waals surface area contributed by atoms with Crippen LogP contribution in [0.25, 0.3) is 44.1 Å². The lowest BCUT2D eigenvalue weighted by Crippen LogP contribution is -2.39. The van der Waals surface area contributed by atoms with Crippen LogP contribution in [0.4, 0.5) is 64.0 Å². The Morgan fingerprint density at radius 2 is 0.748 bits per heavy atom. The van der Waals surface area contributed by atoms with Crippen molar-refractivity contribution in [1.82, 2.24) is 74.5 Å². The van der Waals surface area contributed by atoms with Gasteiger partial charge in [-0.25, -0.2) is 8.42 Å². The van der Waals surface area contributed by atoms with Crippen molar-refractivity contribution in [2.75, 3.05) is 175 Å². The maximum atomic E-state index is 13.7. The van der Waals surface area contributed by atoms with Gasteiger partial charge in [0.05, 0.1) is 84.7 Å². The molecule has 16 rings (SSSR count). The van der Waals surface area contributed by atoms with Gasteiger partial charge in [-0.2, -0.15) is 39.9 Å². The van der Waals surface area contributed by atoms with E-state index in [1.54, 1.807) is 58.2 Å². The van der Waals surface area contributed by atoms with Crippen LogP contribution in [-0.2, 0) is 33.1 Å². The number of carbonyl (C=O) groups is 2. The zero-order chi connectivity index (χ0) is 87.7. The van der Waals surface area contributed by atoms with Crippen molar-refractivity contribution < 1.29 is 55.4 Å². The molecule has 2 amide bonds. The summed E-state index contributed by atoms with van der Waals surface area (Å²) in [5.41, 5.74) is 9.84. The molecule has 1 saturated carbocycles. The van der Waals surface area contributed by atoms with E-state index in [-0.39, 0.29) is 16.7 Å². The van der Waals surface area contributed by atoms with Crippen molar-refractivity contribution in [3.05, 3.63) is 120 Å². The van der Waals surface area contributed by atoms with Gasteiger partial charge in [0, 0.05) is 169 Å². The van der Waals surface area contributed by atoms with Crippen LogP contribution in [0.1, 0.15) is 82.6 Å². The van der Waals surface area contributed by atoms with Crippen molar-refractivity contribution in [1.29, 1.82) is 0 Å². The van der Waals surface area contributed by atoms with Crippen LogP contribution >= 0.6 is 21.4 Å². The number of benzene rings is 4. The van der Waals surface area contributed by atoms with Crippen LogP contribution in [0, 0.1) is 27.7 Å². The average molecular weight is 1760 g/mol. The number of carbonyl (C=O) groups excluding carboxylic acids is 2. The molecule has 123 heavy (non-hydrogen) atoms. The van der Waals surface area contributed by atoms with Crippen LogP contribution < -0.4 is 76.8 Å². The lowest BCUT2D eigenvalue weighted by Gasteiger charge is -2.32. The van der Waals surface area contributed by atoms with Gasteiger partial charge in [-0.15, -0.1) is 0 Å². The molecule has 0 unspecified atom stereocenters. The Labute approximate surface area is 715 Å². The van der Waals surface area contributed by atoms with Gasteiger partial charge in [-0.3, -0.25) is 14.5 Å². The molecule has 4 aliphatic rings. The van der Waals surface area contributed by atoms with E-state index < -0.39 is 31.3 Å². The largest absolute Gasteiger partial charge is 0.495 e. The zero-order valence-electron chi connectivity index (χ0n) is 72.3. The van der Waals surface area contributed by atoms with Crippen molar-refractivity contribution in [2.24, 2.45) is 0 Å². The van der Waals surface area contributed by atoms with Crippen LogP contribution in [0.2, 0.25) is 0 Å². The molecular formula is C85H111N22O12P3S. The van der Waals surface area contributed by atoms with Gasteiger partial charge in [0.1, 0.15) is 84.5 Å². The number of methoxy groups -OCH3 is 5. The summed E-state index contributed by atoms with van der Waals surface area (Å²) in [6, 6.07) is 22.3. The van der Waals surface area contributed by atoms with Gasteiger partial charge < -0.3 is 104 Å². The second-order valence-electron chi connectivity index (χ2n) is 31.0. The summed E-state index contributed by atoms with van der Waals surface area (Å²) in [5.74, 6) is 6.68. The second kappa shape index (κ2) is 38.5. The first-order valence-corrected chi connectivity index (χ1v) is 49.3. The maximum Gasteiger partial charge on any atom is 0.232 e. The number of hydrogen-bond donors (Lipinski definition) is 11. The van der Waals surface area contributed by atoms with Crippen molar-refractivity contribution in [3.8, 4) is 28.9 Å². The number of aryl methyl sites for hydroxylation is 4. The van der Waals surface area contributed by atoms with E-state index in [1.165, 1.54) is 32.1 Å². The molecule has 8 aromatic heterocycles. The quantitative estimate of drug-likeness (QED) is 0.0224. The number of aromatic amines is 4. The van der Waals surface area contributed by atoms with Crippen molar-refractivity contribution in [2.45, 2.75) is 98.9 Å². The number of H-pyrrole nitrogens is 4. The predicted molar refractivity (Wildman–Crippen MR) is 491 cm³/mol. The highest BCUT2D eigenvalue weighted by Crippen LogP contribution is 2.51. The Morgan fingerprint density at radius 3 is 1.07 bits per heavy atom. The average Bonchev–Trinajstić information content (AvgIpc) is 1.45. The SMILES string of the molecule is CCCNc1nc(Nc2ccc(P3(=O)CCN(C(C)=O)CC3)cc2OC)nc2[nH]cc(C)c12.CCCNc1nc(Nc2ccc(P3(=O)CCN(C4CC4)CC3)cc2OC)nc2[nH]cc(C)c12.CCNc1nc(Nc2ccc(P3(=O)CCN(C(C)=O)CC3)cc2OC)nc2[nH]cc(C)c12.COc1cc(S(C)(=O)=O)ccc1Nc1nc(OC)c2c(C)c[nH]c2n1. The van der Waals surface area contributed by atoms with E-state index in [2.05, 4.69) is 106 Å². The fourth-order valence-electron chi connectivity index (χ4n) is 15.3. The molecule has 11 heterocycles. The molecule has 38 heteroatoms. The highest BCUT2D eigenvalue weighted by molar-refractivity contribution is 7.90. The van der Waals surface area contributed by atoms with Gasteiger partial charge >= 0.3 is 0 Å². The lowest BCUT2D eigenvalue weighted by atomic mass is 10.2. The summed E-state index contributed by atoms with van der Waals surface area (Å²) >= 11 is 0. The smallest absolute Gasteiger partial charge is 0.232 e. The van der Waals surface area contributed by atoms with E-state index in [0.717, 1.165) is 170 Å². The van der Waals surface area contributed by atoms with E-state index in [0.29, 0.717) is 126 Å². The number of fused-ring (bicyclic) bond motifs is 4. The van der Waals surface area contributed by atoms with Gasteiger partial charge in [-0.05, 0) is 149 Å². The van der Waals surface area contributed by atoms with Crippen LogP contribution in [-0.4, -0.2) is 238 Å². The van der Waals surface area contributed by atoms with Crippen LogP contribution in [0.3, 0.4) is 0 Å². The number of nitrogens with zero attached hydrogens (tertiary/aromatic N) is 11. The van der Waals surface area contributed by atoms with Crippen molar-refractivity contribution in [3.63, 3.8) is 0 Å². The molecule has 0 spiro atoms. The number of anilines is 11. The molecule has 4 fully saturated rings. The predicted octanol–water partition coefficient (Wildman–Crippen LogP) is 13.7. The molecule has 11 N–H and O–H groups in total. The van der Waals surface area contributed by atoms with Crippen LogP contribution in [0.15, 0.2) is 102 Å². The summed E-state index contributed by atoms with van der Waals surface area (Å²) in [4.78, 5) is 78.8. The standard InChI is InChI=1S/C24H33N6O2P.C23H31N6O3P.C22H29N6O3P.C16H18N4O4S/c1-4-9-25-22-21-16(2)15-26-23(21)29-24(28-22)27-19-8-7-18(14-20(19)32-3)33(31)12-10-30(11-13-33)17-5-6-17;1-5-8-24-21-20-15(2)14-25-22(20)28-23(27-21)26-18-7-6-17(13-19(18)32-4)33(31)11-9-29(10-12-33)16(3)30;1-5-23-20-19-14(2)13-24-21(19)27-22(26-20)25-17-7-6-16(12-18(17)31-4)32(30)10-8-28(9-11-32)15(3)29;1-9-8-17-14-13(9)15(24-3)20-16(19-14)18-11-6-5-10(25(4,21)22)7-12(11)23-2/h7-8,14-15,17H,4-6,9-13H2,1-3H3,(H3,25,26,27,28,29);6-7,13-14H,5,8-12H2,1-4H3,(H3,24,25,26,27,28);6-7,12-13H,5,8-11H2,1-4H3,(H3,23,24,25,26,27);5-8H,1-4H3,(H2,17,18,19,20). The normalized spacial score (nSPS) is 15.5. The lowest BCUT2D eigenvalue weighted by molar-refractivity contribution is -0.129. The highest BCUT2D eigenvalue weighted by atomic mass is 32.2. The molecule has 654 valence electrons. The zero-order valence-corrected chi connectivity index (χ0v) is 75.8. The third-order valence-electron chi connectivity index (χ3n) is 22.4. The first kappa shape index (κ1) is 89.3. The number of aromatic nitrogens is 12. The Balaban J connectivity index is 0.000000142. The Hall–Kier alpha value is -11.5. The Kier molecular flexibility index (Phi) is 27.9. The number of nitrogens with one attached hydrogen (secondary N) is 11. The summed E-state index contributed by atoms with van der Waals surface area (Å²) in [6.45, 7) is 23.7. The third-order valence-corrected chi connectivity index (χ3v) is 32.7. The fraction of sp³-hybridized carbons (Fsp3) is 0.412. The summed E-state index contributed by atoms with van der Waals surface area (Å²) in [5, 5.41) is 29.1. The molecule has 4 aromatic carbocycles. The maximum absolute atomic E-state index is 13.7. The number of hydrogen-bond acceptors (Lipinski definition) is 28. The van der Waals surface area contributed by atoms with E-state index in [4.69, 9.17) is 33.7 Å². The first-order valence-electron chi connectivity index (χ1n) is 41.2. The fourth-order valence-corrected chi connectivity index (χ4v) is 23.7. The van der Waals surface area contributed by atoms with E-state index in [1.807, 2.05) is 114 Å². The third kappa shape index (κ3) is 20.4. The summed E-state index contributed by atoms with van der Waals surface area (Å²) in [7, 11) is -3.07. The van der Waals surface area contributed by atoms with Gasteiger partial charge in [0.15, 0.2) is 9.84 Å². The number of ether oxygens (including phenoxy) is 5. The topological polar surface area (TPSA) is 426 Å². The van der Waals surface area contributed by atoms with Gasteiger partial charge in [0.2, 0.25) is 41.5 Å². The van der Waals surface area contributed by atoms with Crippen molar-refractivity contribution >= 4 is 167 Å². The molecule has 3 saturated heterocycles. The highest BCUT2D eigenvalue weighted by Gasteiger charge is 2.38. The second-order valence-corrected chi connectivity index (χ2v) is 42.6. The number of sulfone groups is 1. The molecule has 12 aromatic rings. The molecule has 34 nitrogen and oxygen atoms in total. The van der Waals surface area contributed by atoms with E-state index in [9.17, 15) is 31.7 Å². The minimum Gasteiger partial charge on any atom is -0.495 e.